The molecule has 0 amide bonds. The summed E-state index contributed by atoms with van der Waals surface area (Å²) in [6, 6.07) is 0. The first-order chi connectivity index (χ1) is 7.86. The highest BCUT2D eigenvalue weighted by molar-refractivity contribution is 4.68. The molecule has 0 saturated carbocycles. The van der Waals surface area contributed by atoms with Crippen LogP contribution in [0.4, 0.5) is 0 Å². The van der Waals surface area contributed by atoms with Crippen LogP contribution in [0.25, 0.3) is 0 Å². The average Bonchev–Trinajstić information content (AvgIpc) is 2.35. The minimum absolute atomic E-state index is 0.484. The van der Waals surface area contributed by atoms with Gasteiger partial charge in [-0.1, -0.05) is 33.1 Å². The molecule has 0 aliphatic carbocycles. The Morgan fingerprint density at radius 1 is 1.31 bits per heavy atom. The highest BCUT2D eigenvalue weighted by atomic mass is 16.5. The molecule has 0 aromatic heterocycles. The molecule has 1 aliphatic heterocycles. The summed E-state index contributed by atoms with van der Waals surface area (Å²) < 4.78 is 5.71. The lowest BCUT2D eigenvalue weighted by atomic mass is 9.99. The predicted octanol–water partition coefficient (Wildman–Crippen LogP) is 3.36. The summed E-state index contributed by atoms with van der Waals surface area (Å²) in [6.07, 6.45) is 9.72. The van der Waals surface area contributed by atoms with Gasteiger partial charge in [-0.3, -0.25) is 0 Å². The Morgan fingerprint density at radius 3 is 2.81 bits per heavy atom. The molecule has 0 aromatic carbocycles. The van der Waals surface area contributed by atoms with E-state index in [4.69, 9.17) is 4.74 Å². The number of ether oxygens (including phenoxy) is 1. The standard InChI is InChI=1S/C14H29NO/c1-3-5-8-13(4-2)11-15-12-14-9-6-7-10-16-14/h13-15H,3-12H2,1-2H3. The molecule has 1 heterocycles. The van der Waals surface area contributed by atoms with Crippen LogP contribution in [-0.4, -0.2) is 25.8 Å². The third-order valence-corrected chi connectivity index (χ3v) is 3.62. The minimum atomic E-state index is 0.484. The van der Waals surface area contributed by atoms with E-state index in [0.717, 1.165) is 19.1 Å². The van der Waals surface area contributed by atoms with Crippen molar-refractivity contribution in [2.24, 2.45) is 5.92 Å². The summed E-state index contributed by atoms with van der Waals surface area (Å²) >= 11 is 0. The Bertz CT molecular complexity index is 155. The molecule has 2 nitrogen and oxygen atoms in total. The first-order valence-corrected chi connectivity index (χ1v) is 7.19. The second-order valence-corrected chi connectivity index (χ2v) is 5.06. The van der Waals surface area contributed by atoms with Crippen LogP contribution in [0.15, 0.2) is 0 Å². The number of rotatable bonds is 8. The largest absolute Gasteiger partial charge is 0.377 e. The molecule has 1 saturated heterocycles. The predicted molar refractivity (Wildman–Crippen MR) is 69.8 cm³/mol. The maximum Gasteiger partial charge on any atom is 0.0699 e. The van der Waals surface area contributed by atoms with E-state index in [0.29, 0.717) is 6.10 Å². The van der Waals surface area contributed by atoms with Crippen molar-refractivity contribution in [1.82, 2.24) is 5.32 Å². The van der Waals surface area contributed by atoms with Gasteiger partial charge in [0.1, 0.15) is 0 Å². The number of hydrogen-bond acceptors (Lipinski definition) is 2. The van der Waals surface area contributed by atoms with E-state index in [2.05, 4.69) is 19.2 Å². The van der Waals surface area contributed by atoms with Crippen LogP contribution in [0, 0.1) is 5.92 Å². The second kappa shape index (κ2) is 9.00. The van der Waals surface area contributed by atoms with Gasteiger partial charge in [0.05, 0.1) is 6.10 Å². The Hall–Kier alpha value is -0.0800. The van der Waals surface area contributed by atoms with Crippen molar-refractivity contribution in [2.75, 3.05) is 19.7 Å². The zero-order chi connectivity index (χ0) is 11.6. The van der Waals surface area contributed by atoms with E-state index in [-0.39, 0.29) is 0 Å². The highest BCUT2D eigenvalue weighted by Gasteiger charge is 2.13. The maximum absolute atomic E-state index is 5.71. The van der Waals surface area contributed by atoms with Crippen LogP contribution in [0.1, 0.15) is 58.8 Å². The number of nitrogens with one attached hydrogen (secondary N) is 1. The molecule has 2 unspecified atom stereocenters. The maximum atomic E-state index is 5.71. The van der Waals surface area contributed by atoms with Crippen molar-refractivity contribution < 1.29 is 4.74 Å². The van der Waals surface area contributed by atoms with Gasteiger partial charge in [-0.25, -0.2) is 0 Å². The lowest BCUT2D eigenvalue weighted by molar-refractivity contribution is 0.0164. The van der Waals surface area contributed by atoms with Crippen molar-refractivity contribution in [3.05, 3.63) is 0 Å². The molecule has 96 valence electrons. The van der Waals surface area contributed by atoms with Crippen LogP contribution in [0.2, 0.25) is 0 Å². The smallest absolute Gasteiger partial charge is 0.0699 e. The third-order valence-electron chi connectivity index (χ3n) is 3.62. The second-order valence-electron chi connectivity index (χ2n) is 5.06. The molecule has 0 radical (unpaired) electrons. The Kier molecular flexibility index (Phi) is 7.87. The molecular formula is C14H29NO. The minimum Gasteiger partial charge on any atom is -0.377 e. The molecule has 1 aliphatic rings. The molecule has 1 rings (SSSR count). The van der Waals surface area contributed by atoms with Crippen LogP contribution in [0.3, 0.4) is 0 Å². The van der Waals surface area contributed by atoms with E-state index >= 15 is 0 Å². The fraction of sp³-hybridized carbons (Fsp3) is 1.00. The summed E-state index contributed by atoms with van der Waals surface area (Å²) in [5.74, 6) is 0.864. The summed E-state index contributed by atoms with van der Waals surface area (Å²) in [7, 11) is 0. The van der Waals surface area contributed by atoms with Crippen LogP contribution in [0.5, 0.6) is 0 Å². The van der Waals surface area contributed by atoms with Crippen LogP contribution < -0.4 is 5.32 Å². The van der Waals surface area contributed by atoms with E-state index in [9.17, 15) is 0 Å². The molecule has 1 N–H and O–H groups in total. The lowest BCUT2D eigenvalue weighted by Crippen LogP contribution is -2.34. The molecular weight excluding hydrogens is 198 g/mol. The van der Waals surface area contributed by atoms with Gasteiger partial charge in [-0.05, 0) is 38.1 Å². The molecule has 0 aromatic rings. The van der Waals surface area contributed by atoms with Gasteiger partial charge in [0.2, 0.25) is 0 Å². The first kappa shape index (κ1) is 14.0. The molecule has 16 heavy (non-hydrogen) atoms. The molecule has 0 bridgehead atoms. The van der Waals surface area contributed by atoms with Gasteiger partial charge in [-0.2, -0.15) is 0 Å². The summed E-state index contributed by atoms with van der Waals surface area (Å²) in [5.41, 5.74) is 0. The van der Waals surface area contributed by atoms with Crippen molar-refractivity contribution in [2.45, 2.75) is 64.9 Å². The van der Waals surface area contributed by atoms with Crippen molar-refractivity contribution in [1.29, 1.82) is 0 Å². The fourth-order valence-electron chi connectivity index (χ4n) is 2.36. The van der Waals surface area contributed by atoms with Crippen LogP contribution in [-0.2, 0) is 4.74 Å². The van der Waals surface area contributed by atoms with Crippen LogP contribution >= 0.6 is 0 Å². The van der Waals surface area contributed by atoms with Gasteiger partial charge >= 0.3 is 0 Å². The number of hydrogen-bond donors (Lipinski definition) is 1. The average molecular weight is 227 g/mol. The highest BCUT2D eigenvalue weighted by Crippen LogP contribution is 2.13. The van der Waals surface area contributed by atoms with E-state index < -0.39 is 0 Å². The van der Waals surface area contributed by atoms with E-state index in [1.165, 1.54) is 51.5 Å². The molecule has 2 atom stereocenters. The SMILES string of the molecule is CCCCC(CC)CNCC1CCCCO1. The zero-order valence-electron chi connectivity index (χ0n) is 11.1. The van der Waals surface area contributed by atoms with Gasteiger partial charge in [0.25, 0.3) is 0 Å². The first-order valence-electron chi connectivity index (χ1n) is 7.19. The lowest BCUT2D eigenvalue weighted by Gasteiger charge is -2.24. The van der Waals surface area contributed by atoms with Gasteiger partial charge in [0, 0.05) is 13.2 Å². The molecule has 0 spiro atoms. The summed E-state index contributed by atoms with van der Waals surface area (Å²) in [4.78, 5) is 0. The Balaban J connectivity index is 2.02. The van der Waals surface area contributed by atoms with Gasteiger partial charge in [-0.15, -0.1) is 0 Å². The zero-order valence-corrected chi connectivity index (χ0v) is 11.1. The molecule has 1 fully saturated rings. The quantitative estimate of drug-likeness (QED) is 0.686. The molecule has 2 heteroatoms. The summed E-state index contributed by atoms with van der Waals surface area (Å²) in [5, 5.41) is 3.59. The Labute approximate surface area is 101 Å². The summed E-state index contributed by atoms with van der Waals surface area (Å²) in [6.45, 7) is 7.79. The van der Waals surface area contributed by atoms with Gasteiger partial charge < -0.3 is 10.1 Å². The Morgan fingerprint density at radius 2 is 2.19 bits per heavy atom. The monoisotopic (exact) mass is 227 g/mol. The van der Waals surface area contributed by atoms with Gasteiger partial charge in [0.15, 0.2) is 0 Å². The third kappa shape index (κ3) is 5.86. The topological polar surface area (TPSA) is 21.3 Å². The van der Waals surface area contributed by atoms with Crippen molar-refractivity contribution >= 4 is 0 Å². The normalized spacial score (nSPS) is 23.2. The van der Waals surface area contributed by atoms with Crippen molar-refractivity contribution in [3.63, 3.8) is 0 Å². The fourth-order valence-corrected chi connectivity index (χ4v) is 2.36. The van der Waals surface area contributed by atoms with E-state index in [1.54, 1.807) is 0 Å². The van der Waals surface area contributed by atoms with E-state index in [1.807, 2.05) is 0 Å². The van der Waals surface area contributed by atoms with Crippen molar-refractivity contribution in [3.8, 4) is 0 Å². The number of unbranched alkanes of at least 4 members (excludes halogenated alkanes) is 1.